The first kappa shape index (κ1) is 7.35. The van der Waals surface area contributed by atoms with Gasteiger partial charge in [-0.2, -0.15) is 0 Å². The molecule has 1 aromatic heterocycles. The monoisotopic (exact) mass is 161 g/mol. The highest BCUT2D eigenvalue weighted by molar-refractivity contribution is 5.22. The van der Waals surface area contributed by atoms with Crippen molar-refractivity contribution in [1.29, 1.82) is 0 Å². The Bertz CT molecular complexity index is 292. The highest BCUT2D eigenvalue weighted by Crippen LogP contribution is 2.31. The fourth-order valence-electron chi connectivity index (χ4n) is 1.59. The third-order valence-corrected chi connectivity index (χ3v) is 2.27. The van der Waals surface area contributed by atoms with Crippen molar-refractivity contribution in [3.8, 4) is 0 Å². The second-order valence-electron chi connectivity index (χ2n) is 3.11. The molecule has 0 fully saturated rings. The summed E-state index contributed by atoms with van der Waals surface area (Å²) in [5, 5.41) is 9.21. The molecule has 0 aliphatic heterocycles. The third kappa shape index (κ3) is 1.33. The van der Waals surface area contributed by atoms with Crippen molar-refractivity contribution in [3.63, 3.8) is 0 Å². The summed E-state index contributed by atoms with van der Waals surface area (Å²) in [7, 11) is 0. The molecule has 1 aliphatic rings. The predicted octanol–water partition coefficient (Wildman–Crippen LogP) is 2.40. The van der Waals surface area contributed by atoms with E-state index in [4.69, 9.17) is 0 Å². The molecule has 1 aromatic rings. The standard InChI is InChI=1S/C10H11NO/c12-10-2-1-9(7-10)8-3-5-11-6-4-8/h2-6,9,12H,1,7H2. The predicted molar refractivity (Wildman–Crippen MR) is 46.9 cm³/mol. The highest BCUT2D eigenvalue weighted by Gasteiger charge is 2.17. The van der Waals surface area contributed by atoms with Gasteiger partial charge in [-0.05, 0) is 36.1 Å². The van der Waals surface area contributed by atoms with Gasteiger partial charge in [0.05, 0.1) is 5.76 Å². The summed E-state index contributed by atoms with van der Waals surface area (Å²) in [6.07, 6.45) is 7.22. The topological polar surface area (TPSA) is 33.1 Å². The maximum Gasteiger partial charge on any atom is 0.0889 e. The van der Waals surface area contributed by atoms with Gasteiger partial charge in [0.1, 0.15) is 0 Å². The van der Waals surface area contributed by atoms with E-state index in [2.05, 4.69) is 4.98 Å². The molecular weight excluding hydrogens is 150 g/mol. The van der Waals surface area contributed by atoms with Gasteiger partial charge in [0.2, 0.25) is 0 Å². The molecule has 1 unspecified atom stereocenters. The largest absolute Gasteiger partial charge is 0.513 e. The van der Waals surface area contributed by atoms with Crippen molar-refractivity contribution in [2.24, 2.45) is 0 Å². The van der Waals surface area contributed by atoms with Crippen LogP contribution in [0.5, 0.6) is 0 Å². The second-order valence-corrected chi connectivity index (χ2v) is 3.11. The van der Waals surface area contributed by atoms with Crippen molar-refractivity contribution >= 4 is 0 Å². The number of aliphatic hydroxyl groups excluding tert-OH is 1. The van der Waals surface area contributed by atoms with Gasteiger partial charge in [0, 0.05) is 18.8 Å². The molecule has 2 rings (SSSR count). The number of hydrogen-bond donors (Lipinski definition) is 1. The Hall–Kier alpha value is -1.31. The second kappa shape index (κ2) is 2.97. The number of hydrogen-bond acceptors (Lipinski definition) is 2. The Kier molecular flexibility index (Phi) is 1.82. The third-order valence-electron chi connectivity index (χ3n) is 2.27. The van der Waals surface area contributed by atoms with Gasteiger partial charge < -0.3 is 5.11 Å². The van der Waals surface area contributed by atoms with E-state index in [1.165, 1.54) is 5.56 Å². The SMILES string of the molecule is OC1=CCC(c2ccncc2)C1. The molecule has 1 aliphatic carbocycles. The maximum atomic E-state index is 9.21. The first-order chi connectivity index (χ1) is 5.86. The lowest BCUT2D eigenvalue weighted by atomic mass is 9.98. The van der Waals surface area contributed by atoms with Gasteiger partial charge in [-0.25, -0.2) is 0 Å². The van der Waals surface area contributed by atoms with Crippen LogP contribution in [0.15, 0.2) is 36.4 Å². The Labute approximate surface area is 71.6 Å². The summed E-state index contributed by atoms with van der Waals surface area (Å²) >= 11 is 0. The van der Waals surface area contributed by atoms with Gasteiger partial charge in [0.15, 0.2) is 0 Å². The van der Waals surface area contributed by atoms with Crippen LogP contribution in [0.25, 0.3) is 0 Å². The van der Waals surface area contributed by atoms with E-state index in [0.717, 1.165) is 12.8 Å². The quantitative estimate of drug-likeness (QED) is 0.686. The summed E-state index contributed by atoms with van der Waals surface area (Å²) < 4.78 is 0. The van der Waals surface area contributed by atoms with E-state index in [1.807, 2.05) is 18.2 Å². The molecule has 0 amide bonds. The van der Waals surface area contributed by atoms with Crippen LogP contribution in [0, 0.1) is 0 Å². The average molecular weight is 161 g/mol. The summed E-state index contributed by atoms with van der Waals surface area (Å²) in [6.45, 7) is 0. The molecule has 0 bridgehead atoms. The number of nitrogens with zero attached hydrogens (tertiary/aromatic N) is 1. The number of rotatable bonds is 1. The molecule has 12 heavy (non-hydrogen) atoms. The molecule has 1 atom stereocenters. The van der Waals surface area contributed by atoms with Gasteiger partial charge in [-0.3, -0.25) is 4.98 Å². The lowest BCUT2D eigenvalue weighted by Crippen LogP contribution is -1.93. The minimum Gasteiger partial charge on any atom is -0.513 e. The minimum absolute atomic E-state index is 0.466. The van der Waals surface area contributed by atoms with E-state index in [1.54, 1.807) is 12.4 Å². The molecular formula is C10H11NO. The zero-order valence-corrected chi connectivity index (χ0v) is 6.77. The van der Waals surface area contributed by atoms with Crippen LogP contribution in [0.2, 0.25) is 0 Å². The van der Waals surface area contributed by atoms with E-state index in [9.17, 15) is 5.11 Å². The average Bonchev–Trinajstić information content (AvgIpc) is 2.54. The molecule has 1 N–H and O–H groups in total. The first-order valence-electron chi connectivity index (χ1n) is 4.14. The van der Waals surface area contributed by atoms with Crippen LogP contribution in [0.1, 0.15) is 24.3 Å². The minimum atomic E-state index is 0.466. The first-order valence-corrected chi connectivity index (χ1v) is 4.14. The van der Waals surface area contributed by atoms with Crippen LogP contribution in [0.3, 0.4) is 0 Å². The zero-order chi connectivity index (χ0) is 8.39. The Morgan fingerprint density at radius 3 is 2.67 bits per heavy atom. The lowest BCUT2D eigenvalue weighted by molar-refractivity contribution is 0.391. The van der Waals surface area contributed by atoms with E-state index in [-0.39, 0.29) is 0 Å². The normalized spacial score (nSPS) is 22.3. The Balaban J connectivity index is 2.14. The fourth-order valence-corrected chi connectivity index (χ4v) is 1.59. The maximum absolute atomic E-state index is 9.21. The number of pyridine rings is 1. The van der Waals surface area contributed by atoms with Gasteiger partial charge in [-0.1, -0.05) is 0 Å². The molecule has 0 saturated carbocycles. The summed E-state index contributed by atoms with van der Waals surface area (Å²) in [5.74, 6) is 0.991. The zero-order valence-electron chi connectivity index (χ0n) is 6.77. The van der Waals surface area contributed by atoms with Gasteiger partial charge in [0.25, 0.3) is 0 Å². The van der Waals surface area contributed by atoms with E-state index in [0.29, 0.717) is 11.7 Å². The smallest absolute Gasteiger partial charge is 0.0889 e. The lowest BCUT2D eigenvalue weighted by Gasteiger charge is -2.07. The summed E-state index contributed by atoms with van der Waals surface area (Å²) in [5.41, 5.74) is 1.27. The van der Waals surface area contributed by atoms with E-state index < -0.39 is 0 Å². The van der Waals surface area contributed by atoms with Crippen LogP contribution >= 0.6 is 0 Å². The number of aliphatic hydroxyl groups is 1. The molecule has 2 nitrogen and oxygen atoms in total. The number of aromatic nitrogens is 1. The fraction of sp³-hybridized carbons (Fsp3) is 0.300. The molecule has 1 heterocycles. The highest BCUT2D eigenvalue weighted by atomic mass is 16.3. The van der Waals surface area contributed by atoms with Crippen molar-refractivity contribution in [3.05, 3.63) is 41.9 Å². The summed E-state index contributed by atoms with van der Waals surface area (Å²) in [6, 6.07) is 4.02. The van der Waals surface area contributed by atoms with Crippen molar-refractivity contribution in [2.45, 2.75) is 18.8 Å². The van der Waals surface area contributed by atoms with Crippen LogP contribution in [-0.4, -0.2) is 10.1 Å². The molecule has 62 valence electrons. The Morgan fingerprint density at radius 2 is 2.08 bits per heavy atom. The van der Waals surface area contributed by atoms with Crippen LogP contribution < -0.4 is 0 Å². The number of allylic oxidation sites excluding steroid dienone is 2. The van der Waals surface area contributed by atoms with Crippen LogP contribution in [0.4, 0.5) is 0 Å². The Morgan fingerprint density at radius 1 is 1.33 bits per heavy atom. The van der Waals surface area contributed by atoms with Gasteiger partial charge in [-0.15, -0.1) is 0 Å². The van der Waals surface area contributed by atoms with Crippen molar-refractivity contribution in [1.82, 2.24) is 4.98 Å². The summed E-state index contributed by atoms with van der Waals surface area (Å²) in [4.78, 5) is 3.96. The van der Waals surface area contributed by atoms with Gasteiger partial charge >= 0.3 is 0 Å². The molecule has 0 aromatic carbocycles. The van der Waals surface area contributed by atoms with E-state index >= 15 is 0 Å². The molecule has 0 saturated heterocycles. The van der Waals surface area contributed by atoms with Crippen molar-refractivity contribution < 1.29 is 5.11 Å². The van der Waals surface area contributed by atoms with Crippen LogP contribution in [-0.2, 0) is 0 Å². The molecule has 0 radical (unpaired) electrons. The molecule has 0 spiro atoms. The van der Waals surface area contributed by atoms with Crippen molar-refractivity contribution in [2.75, 3.05) is 0 Å². The molecule has 2 heteroatoms.